The number of nitro benzene ring substituents is 1. The molecule has 0 radical (unpaired) electrons. The minimum Gasteiger partial charge on any atom is -0.345 e. The van der Waals surface area contributed by atoms with Gasteiger partial charge >= 0.3 is 0 Å². The van der Waals surface area contributed by atoms with Gasteiger partial charge in [-0.05, 0) is 36.8 Å². The Hall–Kier alpha value is -3.70. The molecule has 0 aliphatic carbocycles. The number of carbonyl (C=O) groups excluding carboxylic acids is 2. The van der Waals surface area contributed by atoms with Gasteiger partial charge in [0.05, 0.1) is 17.2 Å². The zero-order valence-electron chi connectivity index (χ0n) is 18.2. The highest BCUT2D eigenvalue weighted by Crippen LogP contribution is 2.22. The summed E-state index contributed by atoms with van der Waals surface area (Å²) in [5, 5.41) is 25.6. The maximum absolute atomic E-state index is 12.4. The number of benzene rings is 2. The second-order valence-electron chi connectivity index (χ2n) is 7.08. The summed E-state index contributed by atoms with van der Waals surface area (Å²) in [6.45, 7) is 5.93. The third kappa shape index (κ3) is 6.42. The van der Waals surface area contributed by atoms with Crippen LogP contribution in [0.1, 0.15) is 21.7 Å². The molecule has 3 rings (SSSR count). The van der Waals surface area contributed by atoms with Gasteiger partial charge in [-0.15, -0.1) is 16.8 Å². The van der Waals surface area contributed by atoms with Gasteiger partial charge < -0.3 is 15.2 Å². The van der Waals surface area contributed by atoms with E-state index in [0.29, 0.717) is 39.4 Å². The van der Waals surface area contributed by atoms with Crippen molar-refractivity contribution >= 4 is 46.6 Å². The number of nitro groups is 1. The van der Waals surface area contributed by atoms with E-state index >= 15 is 0 Å². The number of anilines is 1. The Kier molecular flexibility index (Phi) is 8.39. The summed E-state index contributed by atoms with van der Waals surface area (Å²) in [6.07, 6.45) is 1.66. The summed E-state index contributed by atoms with van der Waals surface area (Å²) >= 11 is 7.11. The molecule has 1 aromatic heterocycles. The normalized spacial score (nSPS) is 10.5. The molecular weight excluding hydrogens is 480 g/mol. The number of allylic oxidation sites excluding steroid dienone is 1. The topological polar surface area (TPSA) is 132 Å². The Labute approximate surface area is 204 Å². The molecule has 0 saturated carbocycles. The van der Waals surface area contributed by atoms with Gasteiger partial charge in [0, 0.05) is 35.0 Å². The molecule has 2 aromatic carbocycles. The molecule has 12 heteroatoms. The van der Waals surface area contributed by atoms with Crippen LogP contribution in [0.3, 0.4) is 0 Å². The molecule has 0 spiro atoms. The minimum absolute atomic E-state index is 0.0422. The summed E-state index contributed by atoms with van der Waals surface area (Å²) in [7, 11) is 0. The van der Waals surface area contributed by atoms with E-state index in [9.17, 15) is 19.7 Å². The highest BCUT2D eigenvalue weighted by Gasteiger charge is 2.16. The van der Waals surface area contributed by atoms with Crippen molar-refractivity contribution in [3.8, 4) is 0 Å². The highest BCUT2D eigenvalue weighted by atomic mass is 35.5. The fraction of sp³-hybridized carbons (Fsp3) is 0.182. The van der Waals surface area contributed by atoms with Gasteiger partial charge in [0.1, 0.15) is 0 Å². The van der Waals surface area contributed by atoms with Crippen LogP contribution in [0.2, 0.25) is 5.02 Å². The Morgan fingerprint density at radius 2 is 2.06 bits per heavy atom. The number of rotatable bonds is 10. The van der Waals surface area contributed by atoms with Crippen molar-refractivity contribution in [3.63, 3.8) is 0 Å². The van der Waals surface area contributed by atoms with Crippen molar-refractivity contribution in [1.82, 2.24) is 20.1 Å². The summed E-state index contributed by atoms with van der Waals surface area (Å²) in [5.74, 6) is -0.0568. The second-order valence-corrected chi connectivity index (χ2v) is 8.46. The molecule has 176 valence electrons. The molecule has 34 heavy (non-hydrogen) atoms. The average molecular weight is 501 g/mol. The monoisotopic (exact) mass is 500 g/mol. The van der Waals surface area contributed by atoms with Crippen molar-refractivity contribution in [2.75, 3.05) is 11.1 Å². The number of non-ortho nitro benzene ring substituents is 1. The smallest absolute Gasteiger partial charge is 0.269 e. The number of hydrogen-bond acceptors (Lipinski definition) is 7. The molecular formula is C22H21ClN6O4S. The first-order chi connectivity index (χ1) is 16.3. The highest BCUT2D eigenvalue weighted by molar-refractivity contribution is 7.99. The Bertz CT molecular complexity index is 1250. The first-order valence-electron chi connectivity index (χ1n) is 10.0. The van der Waals surface area contributed by atoms with Crippen LogP contribution in [0.4, 0.5) is 11.4 Å². The summed E-state index contributed by atoms with van der Waals surface area (Å²) < 4.78 is 1.75. The Morgan fingerprint density at radius 3 is 2.74 bits per heavy atom. The van der Waals surface area contributed by atoms with Gasteiger partial charge in [-0.1, -0.05) is 35.5 Å². The number of halogens is 1. The predicted octanol–water partition coefficient (Wildman–Crippen LogP) is 3.99. The van der Waals surface area contributed by atoms with E-state index in [1.165, 1.54) is 30.0 Å². The molecule has 0 aliphatic rings. The quantitative estimate of drug-likeness (QED) is 0.186. The fourth-order valence-electron chi connectivity index (χ4n) is 2.98. The number of hydrogen-bond donors (Lipinski definition) is 2. The van der Waals surface area contributed by atoms with Crippen LogP contribution < -0.4 is 10.6 Å². The third-order valence-electron chi connectivity index (χ3n) is 4.63. The van der Waals surface area contributed by atoms with E-state index in [0.717, 1.165) is 0 Å². The van der Waals surface area contributed by atoms with Gasteiger partial charge in [-0.3, -0.25) is 19.7 Å². The third-order valence-corrected chi connectivity index (χ3v) is 5.83. The standard InChI is InChI=1S/C22H21ClN6O4S/c1-3-9-28-19(12-24-21(31)15-5-4-6-16(23)11-15)26-27-22(28)34-13-20(30)25-18-8-7-17(29(32)33)10-14(18)2/h3-8,10-11H,1,9,12-13H2,2H3,(H,24,31)(H,25,30). The number of aromatic nitrogens is 3. The van der Waals surface area contributed by atoms with E-state index in [1.54, 1.807) is 41.8 Å². The van der Waals surface area contributed by atoms with E-state index in [-0.39, 0.29) is 29.8 Å². The van der Waals surface area contributed by atoms with E-state index < -0.39 is 4.92 Å². The zero-order valence-corrected chi connectivity index (χ0v) is 19.7. The number of nitrogens with zero attached hydrogens (tertiary/aromatic N) is 4. The summed E-state index contributed by atoms with van der Waals surface area (Å²) in [4.78, 5) is 35.2. The van der Waals surface area contributed by atoms with Crippen LogP contribution in [0.25, 0.3) is 0 Å². The molecule has 3 aromatic rings. The SMILES string of the molecule is C=CCn1c(CNC(=O)c2cccc(Cl)c2)nnc1SCC(=O)Nc1ccc([N+](=O)[O-])cc1C. The number of carbonyl (C=O) groups is 2. The molecule has 0 aliphatic heterocycles. The van der Waals surface area contributed by atoms with Crippen molar-refractivity contribution in [2.45, 2.75) is 25.2 Å². The number of nitrogens with one attached hydrogen (secondary N) is 2. The largest absolute Gasteiger partial charge is 0.345 e. The minimum atomic E-state index is -0.490. The van der Waals surface area contributed by atoms with Crippen molar-refractivity contribution < 1.29 is 14.5 Å². The lowest BCUT2D eigenvalue weighted by atomic mass is 10.2. The fourth-order valence-corrected chi connectivity index (χ4v) is 3.94. The van der Waals surface area contributed by atoms with Gasteiger partial charge in [0.25, 0.3) is 11.6 Å². The Morgan fingerprint density at radius 1 is 1.26 bits per heavy atom. The van der Waals surface area contributed by atoms with Crippen molar-refractivity contribution in [1.29, 1.82) is 0 Å². The first-order valence-corrected chi connectivity index (χ1v) is 11.4. The van der Waals surface area contributed by atoms with Gasteiger partial charge in [-0.2, -0.15) is 0 Å². The average Bonchev–Trinajstić information content (AvgIpc) is 3.19. The molecule has 0 atom stereocenters. The number of amides is 2. The van der Waals surface area contributed by atoms with Crippen LogP contribution in [0.15, 0.2) is 60.3 Å². The van der Waals surface area contributed by atoms with Crippen LogP contribution >= 0.6 is 23.4 Å². The molecule has 0 unspecified atom stereocenters. The maximum Gasteiger partial charge on any atom is 0.269 e. The Balaban J connectivity index is 1.61. The lowest BCUT2D eigenvalue weighted by molar-refractivity contribution is -0.384. The second kappa shape index (κ2) is 11.4. The number of thioether (sulfide) groups is 1. The van der Waals surface area contributed by atoms with Crippen LogP contribution in [-0.4, -0.2) is 37.3 Å². The molecule has 0 fully saturated rings. The molecule has 2 N–H and O–H groups in total. The summed E-state index contributed by atoms with van der Waals surface area (Å²) in [5.41, 5.74) is 1.46. The van der Waals surface area contributed by atoms with E-state index in [2.05, 4.69) is 27.4 Å². The molecule has 1 heterocycles. The molecule has 0 bridgehead atoms. The predicted molar refractivity (Wildman–Crippen MR) is 130 cm³/mol. The van der Waals surface area contributed by atoms with Crippen LogP contribution in [0, 0.1) is 17.0 Å². The van der Waals surface area contributed by atoms with Crippen LogP contribution in [0.5, 0.6) is 0 Å². The lowest BCUT2D eigenvalue weighted by Gasteiger charge is -2.10. The van der Waals surface area contributed by atoms with E-state index in [4.69, 9.17) is 11.6 Å². The maximum atomic E-state index is 12.4. The van der Waals surface area contributed by atoms with Crippen LogP contribution in [-0.2, 0) is 17.9 Å². The zero-order chi connectivity index (χ0) is 24.7. The van der Waals surface area contributed by atoms with Crippen molar-refractivity contribution in [2.24, 2.45) is 0 Å². The van der Waals surface area contributed by atoms with Gasteiger partial charge in [0.15, 0.2) is 11.0 Å². The lowest BCUT2D eigenvalue weighted by Crippen LogP contribution is -2.24. The van der Waals surface area contributed by atoms with Crippen molar-refractivity contribution in [3.05, 3.63) is 87.2 Å². The summed E-state index contributed by atoms with van der Waals surface area (Å²) in [6, 6.07) is 10.8. The molecule has 2 amide bonds. The van der Waals surface area contributed by atoms with Gasteiger partial charge in [-0.25, -0.2) is 0 Å². The molecule has 10 nitrogen and oxygen atoms in total. The van der Waals surface area contributed by atoms with Gasteiger partial charge in [0.2, 0.25) is 5.91 Å². The first kappa shape index (κ1) is 24.9. The molecule has 0 saturated heterocycles. The number of aryl methyl sites for hydroxylation is 1. The van der Waals surface area contributed by atoms with E-state index in [1.807, 2.05) is 0 Å².